The van der Waals surface area contributed by atoms with E-state index in [4.69, 9.17) is 4.74 Å². The Labute approximate surface area is 158 Å². The Morgan fingerprint density at radius 1 is 1.00 bits per heavy atom. The first kappa shape index (κ1) is 20.4. The van der Waals surface area contributed by atoms with Crippen LogP contribution in [0.4, 0.5) is 11.4 Å². The molecule has 0 bridgehead atoms. The van der Waals surface area contributed by atoms with E-state index < -0.39 is 28.0 Å². The molecule has 8 heteroatoms. The molecule has 0 fully saturated rings. The molecule has 1 atom stereocenters. The smallest absolute Gasteiger partial charge is 0.341 e. The van der Waals surface area contributed by atoms with Gasteiger partial charge in [-0.1, -0.05) is 30.3 Å². The van der Waals surface area contributed by atoms with Crippen LogP contribution in [0, 0.1) is 13.8 Å². The van der Waals surface area contributed by atoms with Gasteiger partial charge in [-0.25, -0.2) is 13.2 Å². The molecule has 7 nitrogen and oxygen atoms in total. The number of amides is 1. The molecule has 0 heterocycles. The first-order valence-electron chi connectivity index (χ1n) is 8.23. The second-order valence-electron chi connectivity index (χ2n) is 6.22. The lowest BCUT2D eigenvalue weighted by Crippen LogP contribution is -2.30. The van der Waals surface area contributed by atoms with E-state index in [9.17, 15) is 18.0 Å². The molecule has 2 N–H and O–H groups in total. The highest BCUT2D eigenvalue weighted by Gasteiger charge is 2.22. The van der Waals surface area contributed by atoms with E-state index in [1.807, 2.05) is 32.0 Å². The summed E-state index contributed by atoms with van der Waals surface area (Å²) in [6.07, 6.45) is -0.0850. The Morgan fingerprint density at radius 2 is 1.59 bits per heavy atom. The van der Waals surface area contributed by atoms with Crippen LogP contribution >= 0.6 is 0 Å². The van der Waals surface area contributed by atoms with Gasteiger partial charge in [0.1, 0.15) is 0 Å². The standard InChI is InChI=1S/C19H22N2O5S/c1-12-8-7-9-13(2)17(12)20-18(22)14(3)26-19(23)15-10-5-6-11-16(15)21-27(4,24)25/h5-11,14,21H,1-4H3,(H,20,22)/t14-/m1/s1. The zero-order valence-electron chi connectivity index (χ0n) is 15.6. The molecule has 0 aliphatic heterocycles. The number of esters is 1. The van der Waals surface area contributed by atoms with Crippen LogP contribution in [-0.4, -0.2) is 32.7 Å². The Morgan fingerprint density at radius 3 is 2.19 bits per heavy atom. The summed E-state index contributed by atoms with van der Waals surface area (Å²) in [5.41, 5.74) is 2.57. The van der Waals surface area contributed by atoms with Crippen molar-refractivity contribution in [2.24, 2.45) is 0 Å². The van der Waals surface area contributed by atoms with Crippen LogP contribution < -0.4 is 10.0 Å². The Bertz CT molecular complexity index is 950. The molecule has 27 heavy (non-hydrogen) atoms. The number of hydrogen-bond acceptors (Lipinski definition) is 5. The predicted molar refractivity (Wildman–Crippen MR) is 104 cm³/mol. The SMILES string of the molecule is Cc1cccc(C)c1NC(=O)[C@@H](C)OC(=O)c1ccccc1NS(C)(=O)=O. The highest BCUT2D eigenvalue weighted by Crippen LogP contribution is 2.21. The molecule has 0 saturated carbocycles. The minimum absolute atomic E-state index is 0.0228. The summed E-state index contributed by atoms with van der Waals surface area (Å²) in [6, 6.07) is 11.6. The Balaban J connectivity index is 2.13. The van der Waals surface area contributed by atoms with E-state index in [1.54, 1.807) is 12.1 Å². The number of rotatable bonds is 6. The van der Waals surface area contributed by atoms with Gasteiger partial charge in [0.15, 0.2) is 6.10 Å². The van der Waals surface area contributed by atoms with E-state index in [1.165, 1.54) is 19.1 Å². The van der Waals surface area contributed by atoms with Crippen molar-refractivity contribution in [2.45, 2.75) is 26.9 Å². The number of ether oxygens (including phenoxy) is 1. The van der Waals surface area contributed by atoms with Gasteiger partial charge >= 0.3 is 5.97 Å². The van der Waals surface area contributed by atoms with E-state index in [2.05, 4.69) is 10.0 Å². The first-order valence-corrected chi connectivity index (χ1v) is 10.1. The second-order valence-corrected chi connectivity index (χ2v) is 7.97. The van der Waals surface area contributed by atoms with E-state index >= 15 is 0 Å². The first-order chi connectivity index (χ1) is 12.6. The average molecular weight is 390 g/mol. The summed E-state index contributed by atoms with van der Waals surface area (Å²) < 4.78 is 30.4. The van der Waals surface area contributed by atoms with Gasteiger partial charge in [-0.15, -0.1) is 0 Å². The number of sulfonamides is 1. The highest BCUT2D eigenvalue weighted by atomic mass is 32.2. The minimum Gasteiger partial charge on any atom is -0.449 e. The van der Waals surface area contributed by atoms with Gasteiger partial charge < -0.3 is 10.1 Å². The molecule has 0 aromatic heterocycles. The lowest BCUT2D eigenvalue weighted by atomic mass is 10.1. The van der Waals surface area contributed by atoms with Crippen molar-refractivity contribution in [3.05, 3.63) is 59.2 Å². The van der Waals surface area contributed by atoms with Gasteiger partial charge in [0.25, 0.3) is 5.91 Å². The van der Waals surface area contributed by atoms with Gasteiger partial charge in [-0.3, -0.25) is 9.52 Å². The molecule has 0 aliphatic carbocycles. The molecule has 0 unspecified atom stereocenters. The van der Waals surface area contributed by atoms with Crippen LogP contribution in [0.15, 0.2) is 42.5 Å². The normalized spacial score (nSPS) is 12.1. The summed E-state index contributed by atoms with van der Waals surface area (Å²) in [6.45, 7) is 5.19. The number of carbonyl (C=O) groups excluding carboxylic acids is 2. The quantitative estimate of drug-likeness (QED) is 0.739. The second kappa shape index (κ2) is 8.22. The molecule has 2 rings (SSSR count). The topological polar surface area (TPSA) is 102 Å². The monoisotopic (exact) mass is 390 g/mol. The zero-order valence-corrected chi connectivity index (χ0v) is 16.4. The lowest BCUT2D eigenvalue weighted by Gasteiger charge is -2.17. The maximum Gasteiger partial charge on any atom is 0.341 e. The molecule has 0 radical (unpaired) electrons. The van der Waals surface area contributed by atoms with Crippen LogP contribution in [0.3, 0.4) is 0 Å². The fraction of sp³-hybridized carbons (Fsp3) is 0.263. The van der Waals surface area contributed by atoms with Crippen LogP contribution in [0.1, 0.15) is 28.4 Å². The number of anilines is 2. The van der Waals surface area contributed by atoms with Gasteiger partial charge in [0.05, 0.1) is 17.5 Å². The van der Waals surface area contributed by atoms with Crippen molar-refractivity contribution in [1.82, 2.24) is 0 Å². The molecule has 0 spiro atoms. The van der Waals surface area contributed by atoms with Crippen molar-refractivity contribution >= 4 is 33.3 Å². The van der Waals surface area contributed by atoms with Crippen molar-refractivity contribution in [1.29, 1.82) is 0 Å². The van der Waals surface area contributed by atoms with Crippen molar-refractivity contribution < 1.29 is 22.7 Å². The van der Waals surface area contributed by atoms with Crippen LogP contribution in [0.5, 0.6) is 0 Å². The number of aryl methyl sites for hydroxylation is 2. The fourth-order valence-corrected chi connectivity index (χ4v) is 3.04. The van der Waals surface area contributed by atoms with Gasteiger partial charge in [-0.2, -0.15) is 0 Å². The molecule has 0 aliphatic rings. The molecule has 1 amide bonds. The van der Waals surface area contributed by atoms with Crippen LogP contribution in [-0.2, 0) is 19.6 Å². The average Bonchev–Trinajstić information content (AvgIpc) is 2.57. The van der Waals surface area contributed by atoms with Crippen LogP contribution in [0.2, 0.25) is 0 Å². The lowest BCUT2D eigenvalue weighted by molar-refractivity contribution is -0.123. The number of benzene rings is 2. The third-order valence-electron chi connectivity index (χ3n) is 3.82. The molecule has 0 saturated heterocycles. The highest BCUT2D eigenvalue weighted by molar-refractivity contribution is 7.92. The largest absolute Gasteiger partial charge is 0.449 e. The van der Waals surface area contributed by atoms with Crippen molar-refractivity contribution in [3.63, 3.8) is 0 Å². The third kappa shape index (κ3) is 5.55. The van der Waals surface area contributed by atoms with Crippen LogP contribution in [0.25, 0.3) is 0 Å². The number of hydrogen-bond donors (Lipinski definition) is 2. The Kier molecular flexibility index (Phi) is 6.22. The van der Waals surface area contributed by atoms with Gasteiger partial charge in [-0.05, 0) is 44.0 Å². The molecular formula is C19H22N2O5S. The molecular weight excluding hydrogens is 368 g/mol. The number of para-hydroxylation sites is 2. The molecule has 2 aromatic rings. The Hall–Kier alpha value is -2.87. The third-order valence-corrected chi connectivity index (χ3v) is 4.42. The van der Waals surface area contributed by atoms with E-state index in [0.717, 1.165) is 17.4 Å². The van der Waals surface area contributed by atoms with Crippen molar-refractivity contribution in [2.75, 3.05) is 16.3 Å². The number of nitrogens with one attached hydrogen (secondary N) is 2. The summed E-state index contributed by atoms with van der Waals surface area (Å²) >= 11 is 0. The molecule has 144 valence electrons. The van der Waals surface area contributed by atoms with Gasteiger partial charge in [0, 0.05) is 5.69 Å². The van der Waals surface area contributed by atoms with Crippen molar-refractivity contribution in [3.8, 4) is 0 Å². The summed E-state index contributed by atoms with van der Waals surface area (Å²) in [5.74, 6) is -1.28. The summed E-state index contributed by atoms with van der Waals surface area (Å²) in [7, 11) is -3.57. The van der Waals surface area contributed by atoms with E-state index in [0.29, 0.717) is 5.69 Å². The fourth-order valence-electron chi connectivity index (χ4n) is 2.46. The summed E-state index contributed by atoms with van der Waals surface area (Å²) in [5, 5.41) is 2.76. The van der Waals surface area contributed by atoms with E-state index in [-0.39, 0.29) is 11.3 Å². The summed E-state index contributed by atoms with van der Waals surface area (Å²) in [4.78, 5) is 24.8. The zero-order chi connectivity index (χ0) is 20.2. The van der Waals surface area contributed by atoms with Gasteiger partial charge in [0.2, 0.25) is 10.0 Å². The molecule has 2 aromatic carbocycles. The minimum atomic E-state index is -3.57. The predicted octanol–water partition coefficient (Wildman–Crippen LogP) is 2.86. The maximum atomic E-state index is 12.4. The maximum absolute atomic E-state index is 12.4. The number of carbonyl (C=O) groups is 2.